The van der Waals surface area contributed by atoms with Gasteiger partial charge >= 0.3 is 0 Å². The van der Waals surface area contributed by atoms with E-state index in [-0.39, 0.29) is 30.7 Å². The second-order valence-electron chi connectivity index (χ2n) is 11.8. The first kappa shape index (κ1) is 45.6. The van der Waals surface area contributed by atoms with Crippen molar-refractivity contribution in [3.63, 3.8) is 0 Å². The molecule has 7 N–H and O–H groups in total. The zero-order valence-corrected chi connectivity index (χ0v) is 32.1. The van der Waals surface area contributed by atoms with Crippen molar-refractivity contribution in [2.75, 3.05) is 130 Å². The molecule has 55 heavy (non-hydrogen) atoms. The van der Waals surface area contributed by atoms with Crippen LogP contribution < -0.4 is 22.5 Å². The Morgan fingerprint density at radius 3 is 1.84 bits per heavy atom. The molecule has 0 saturated carbocycles. The molecule has 4 rings (SSSR count). The number of unbranched alkanes of at least 4 members (excludes halogenated alkanes) is 1. The predicted octanol–water partition coefficient (Wildman–Crippen LogP) is 1.60. The number of hydrogen-bond acceptors (Lipinski definition) is 17. The van der Waals surface area contributed by atoms with Crippen molar-refractivity contribution < 1.29 is 47.1 Å². The number of rotatable bonds is 32. The van der Waals surface area contributed by atoms with Crippen LogP contribution in [0.1, 0.15) is 19.3 Å². The van der Waals surface area contributed by atoms with Crippen molar-refractivity contribution in [1.29, 1.82) is 0 Å². The SMILES string of the molecule is Cl.NCCOCCOCCOCCOCCOCCOCCOCCOCCC(=O)NCCCCn1nc(-c2ccc3oc(N)nc3c2)c2c(N)ncnc21. The van der Waals surface area contributed by atoms with Gasteiger partial charge < -0.3 is 64.8 Å². The lowest BCUT2D eigenvalue weighted by Gasteiger charge is -2.09. The monoisotopic (exact) mass is 797 g/mol. The number of amides is 1. The minimum Gasteiger partial charge on any atom is -0.424 e. The highest BCUT2D eigenvalue weighted by Gasteiger charge is 2.18. The maximum absolute atomic E-state index is 12.2. The Kier molecular flexibility index (Phi) is 23.0. The van der Waals surface area contributed by atoms with E-state index >= 15 is 0 Å². The number of nitrogens with zero attached hydrogens (tertiary/aromatic N) is 5. The van der Waals surface area contributed by atoms with Crippen LogP contribution >= 0.6 is 12.4 Å². The summed E-state index contributed by atoms with van der Waals surface area (Å²) in [6, 6.07) is 5.61. The molecule has 0 aliphatic heterocycles. The van der Waals surface area contributed by atoms with E-state index in [9.17, 15) is 4.79 Å². The molecule has 0 saturated heterocycles. The summed E-state index contributed by atoms with van der Waals surface area (Å²) in [5, 5.41) is 8.39. The van der Waals surface area contributed by atoms with Crippen molar-refractivity contribution in [2.45, 2.75) is 25.8 Å². The van der Waals surface area contributed by atoms with Gasteiger partial charge in [-0.05, 0) is 31.0 Å². The van der Waals surface area contributed by atoms with Crippen molar-refractivity contribution in [3.05, 3.63) is 24.5 Å². The Hall–Kier alpha value is -3.76. The molecule has 3 heterocycles. The van der Waals surface area contributed by atoms with Gasteiger partial charge in [-0.25, -0.2) is 14.6 Å². The Balaban J connectivity index is 0.00000812. The number of hydrogen-bond donors (Lipinski definition) is 4. The van der Waals surface area contributed by atoms with Gasteiger partial charge in [0.2, 0.25) is 5.91 Å². The average Bonchev–Trinajstić information content (AvgIpc) is 3.74. The lowest BCUT2D eigenvalue weighted by Crippen LogP contribution is -2.26. The van der Waals surface area contributed by atoms with Crippen molar-refractivity contribution in [3.8, 4) is 11.3 Å². The van der Waals surface area contributed by atoms with Gasteiger partial charge in [0.05, 0.1) is 111 Å². The molecule has 0 bridgehead atoms. The third kappa shape index (κ3) is 17.3. The lowest BCUT2D eigenvalue weighted by molar-refractivity contribution is -0.122. The summed E-state index contributed by atoms with van der Waals surface area (Å²) < 4.78 is 50.7. The summed E-state index contributed by atoms with van der Waals surface area (Å²) in [5.74, 6) is 0.271. The Labute approximate surface area is 326 Å². The molecule has 0 unspecified atom stereocenters. The Bertz CT molecular complexity index is 1630. The number of oxazole rings is 1. The van der Waals surface area contributed by atoms with Crippen LogP contribution in [-0.2, 0) is 49.2 Å². The molecule has 3 aromatic heterocycles. The number of aryl methyl sites for hydroxylation is 1. The molecule has 308 valence electrons. The van der Waals surface area contributed by atoms with Gasteiger partial charge in [0.1, 0.15) is 23.4 Å². The van der Waals surface area contributed by atoms with Gasteiger partial charge in [0, 0.05) is 31.6 Å². The molecule has 20 heteroatoms. The summed E-state index contributed by atoms with van der Waals surface area (Å²) >= 11 is 0. The standard InChI is InChI=1S/C35H55N9O10.ClH/c36-6-10-47-12-14-49-16-18-51-20-22-53-24-23-52-21-19-50-17-15-48-13-11-46-9-5-30(45)39-7-1-2-8-44-34-31(33(37)40-26-41-34)32(43-44)27-3-4-29-28(25-27)42-35(38)54-29;/h3-4,25-26H,1-2,5-24,36H2,(H2,38,42)(H,39,45)(H2,37,40,41);1H. The molecule has 0 atom stereocenters. The molecule has 0 radical (unpaired) electrons. The number of halogens is 1. The zero-order valence-electron chi connectivity index (χ0n) is 31.3. The molecule has 19 nitrogen and oxygen atoms in total. The topological polar surface area (TPSA) is 251 Å². The number of carbonyl (C=O) groups excluding carboxylic acids is 1. The first-order valence-electron chi connectivity index (χ1n) is 18.3. The van der Waals surface area contributed by atoms with E-state index in [0.29, 0.717) is 159 Å². The summed E-state index contributed by atoms with van der Waals surface area (Å²) in [4.78, 5) is 25.0. The van der Waals surface area contributed by atoms with E-state index < -0.39 is 0 Å². The Morgan fingerprint density at radius 1 is 0.727 bits per heavy atom. The fourth-order valence-electron chi connectivity index (χ4n) is 5.07. The second kappa shape index (κ2) is 27.8. The minimum absolute atomic E-state index is 0. The predicted molar refractivity (Wildman–Crippen MR) is 207 cm³/mol. The molecule has 4 aromatic rings. The highest BCUT2D eigenvalue weighted by atomic mass is 35.5. The third-order valence-electron chi connectivity index (χ3n) is 7.69. The van der Waals surface area contributed by atoms with E-state index in [0.717, 1.165) is 18.4 Å². The van der Waals surface area contributed by atoms with E-state index in [4.69, 9.17) is 64.6 Å². The number of nitrogens with one attached hydrogen (secondary N) is 1. The maximum atomic E-state index is 12.2. The molecular weight excluding hydrogens is 742 g/mol. The smallest absolute Gasteiger partial charge is 0.292 e. The van der Waals surface area contributed by atoms with Crippen LogP contribution in [0.5, 0.6) is 0 Å². The van der Waals surface area contributed by atoms with Gasteiger partial charge in [-0.15, -0.1) is 12.4 Å². The second-order valence-corrected chi connectivity index (χ2v) is 11.8. The fraction of sp³-hybridized carbons (Fsp3) is 0.629. The summed E-state index contributed by atoms with van der Waals surface area (Å²) in [7, 11) is 0. The molecule has 1 amide bonds. The maximum Gasteiger partial charge on any atom is 0.292 e. The summed E-state index contributed by atoms with van der Waals surface area (Å²) in [6.07, 6.45) is 3.22. The van der Waals surface area contributed by atoms with Crippen LogP contribution in [0.3, 0.4) is 0 Å². The number of aromatic nitrogens is 5. The highest BCUT2D eigenvalue weighted by molar-refractivity contribution is 5.99. The molecule has 0 aliphatic rings. The molecule has 0 fully saturated rings. The van der Waals surface area contributed by atoms with E-state index in [1.807, 2.05) is 16.8 Å². The number of nitrogen functional groups attached to an aromatic ring is 2. The molecule has 1 aromatic carbocycles. The molecular formula is C35H56ClN9O10. The largest absolute Gasteiger partial charge is 0.424 e. The van der Waals surface area contributed by atoms with Crippen LogP contribution in [0, 0.1) is 0 Å². The van der Waals surface area contributed by atoms with Gasteiger partial charge in [-0.1, -0.05) is 0 Å². The van der Waals surface area contributed by atoms with Gasteiger partial charge in [0.15, 0.2) is 11.2 Å². The van der Waals surface area contributed by atoms with Gasteiger partial charge in [0.25, 0.3) is 6.01 Å². The van der Waals surface area contributed by atoms with Gasteiger partial charge in [-0.2, -0.15) is 10.1 Å². The van der Waals surface area contributed by atoms with Gasteiger partial charge in [-0.3, -0.25) is 4.79 Å². The van der Waals surface area contributed by atoms with Crippen molar-refractivity contribution >= 4 is 52.3 Å². The molecule has 0 spiro atoms. The number of nitrogens with two attached hydrogens (primary N) is 3. The first-order chi connectivity index (χ1) is 26.6. The number of anilines is 2. The molecule has 0 aliphatic carbocycles. The average molecular weight is 798 g/mol. The normalized spacial score (nSPS) is 11.4. The number of carbonyl (C=O) groups is 1. The van der Waals surface area contributed by atoms with Crippen molar-refractivity contribution in [2.24, 2.45) is 5.73 Å². The number of ether oxygens (including phenoxy) is 8. The van der Waals surface area contributed by atoms with Crippen LogP contribution in [-0.4, -0.2) is 149 Å². The Morgan fingerprint density at radius 2 is 1.27 bits per heavy atom. The third-order valence-corrected chi connectivity index (χ3v) is 7.69. The summed E-state index contributed by atoms with van der Waals surface area (Å²) in [6.45, 7) is 9.25. The minimum atomic E-state index is -0.0678. The summed E-state index contributed by atoms with van der Waals surface area (Å²) in [5.41, 5.74) is 20.6. The van der Waals surface area contributed by atoms with E-state index in [1.165, 1.54) is 6.33 Å². The lowest BCUT2D eigenvalue weighted by atomic mass is 10.1. The van der Waals surface area contributed by atoms with E-state index in [1.54, 1.807) is 6.07 Å². The van der Waals surface area contributed by atoms with Crippen molar-refractivity contribution in [1.82, 2.24) is 30.0 Å². The highest BCUT2D eigenvalue weighted by Crippen LogP contribution is 2.32. The van der Waals surface area contributed by atoms with Crippen LogP contribution in [0.2, 0.25) is 0 Å². The number of benzene rings is 1. The fourth-order valence-corrected chi connectivity index (χ4v) is 5.07. The van der Waals surface area contributed by atoms with Crippen LogP contribution in [0.4, 0.5) is 11.8 Å². The zero-order chi connectivity index (χ0) is 38.1. The first-order valence-corrected chi connectivity index (χ1v) is 18.3. The van der Waals surface area contributed by atoms with E-state index in [2.05, 4.69) is 20.3 Å². The quantitative estimate of drug-likeness (QED) is 0.0512. The van der Waals surface area contributed by atoms with Crippen LogP contribution in [0.15, 0.2) is 28.9 Å². The number of fused-ring (bicyclic) bond motifs is 2. The van der Waals surface area contributed by atoms with Crippen LogP contribution in [0.25, 0.3) is 33.4 Å².